The molecule has 2 unspecified atom stereocenters. The molecule has 1 aliphatic carbocycles. The second kappa shape index (κ2) is 6.86. The molecule has 0 heterocycles. The molecule has 1 aromatic carbocycles. The first kappa shape index (κ1) is 16.4. The summed E-state index contributed by atoms with van der Waals surface area (Å²) < 4.78 is 13.8. The summed E-state index contributed by atoms with van der Waals surface area (Å²) in [5, 5.41) is 10.4. The molecule has 2 atom stereocenters. The molecule has 1 aromatic rings. The van der Waals surface area contributed by atoms with Gasteiger partial charge in [-0.3, -0.25) is 0 Å². The lowest BCUT2D eigenvalue weighted by Gasteiger charge is -2.32. The van der Waals surface area contributed by atoms with Gasteiger partial charge in [-0.25, -0.2) is 4.39 Å². The maximum absolute atomic E-state index is 13.8. The Morgan fingerprint density at radius 2 is 1.95 bits per heavy atom. The smallest absolute Gasteiger partial charge is 0.127 e. The summed E-state index contributed by atoms with van der Waals surface area (Å²) in [4.78, 5) is 2.12. The molecule has 0 radical (unpaired) electrons. The number of hydrogen-bond donors (Lipinski definition) is 2. The Kier molecular flexibility index (Phi) is 5.36. The summed E-state index contributed by atoms with van der Waals surface area (Å²) in [5.41, 5.74) is 6.22. The first-order chi connectivity index (χ1) is 9.91. The van der Waals surface area contributed by atoms with E-state index in [-0.39, 0.29) is 17.8 Å². The van der Waals surface area contributed by atoms with Crippen molar-refractivity contribution in [3.63, 3.8) is 0 Å². The summed E-state index contributed by atoms with van der Waals surface area (Å²) in [6.07, 6.45) is 3.97. The molecule has 0 aromatic heterocycles. The highest BCUT2D eigenvalue weighted by Crippen LogP contribution is 2.30. The lowest BCUT2D eigenvalue weighted by molar-refractivity contribution is 0.0126. The van der Waals surface area contributed by atoms with Gasteiger partial charge in [-0.05, 0) is 31.9 Å². The summed E-state index contributed by atoms with van der Waals surface area (Å²) >= 11 is 0. The van der Waals surface area contributed by atoms with Crippen LogP contribution in [0.15, 0.2) is 24.3 Å². The average Bonchev–Trinajstić information content (AvgIpc) is 2.84. The first-order valence-corrected chi connectivity index (χ1v) is 7.82. The highest BCUT2D eigenvalue weighted by Gasteiger charge is 2.32. The normalized spacial score (nSPS) is 20.7. The number of nitrogens with zero attached hydrogens (tertiary/aromatic N) is 1. The fourth-order valence-corrected chi connectivity index (χ4v) is 3.42. The molecule has 21 heavy (non-hydrogen) atoms. The number of likely N-dealkylation sites (N-methyl/N-ethyl adjacent to an activating group) is 1. The maximum Gasteiger partial charge on any atom is 0.127 e. The second-order valence-corrected chi connectivity index (χ2v) is 6.65. The molecule has 3 nitrogen and oxygen atoms in total. The van der Waals surface area contributed by atoms with Gasteiger partial charge in [0, 0.05) is 24.7 Å². The topological polar surface area (TPSA) is 49.5 Å². The van der Waals surface area contributed by atoms with Crippen LogP contribution >= 0.6 is 0 Å². The summed E-state index contributed by atoms with van der Waals surface area (Å²) in [7, 11) is 2.00. The third-order valence-electron chi connectivity index (χ3n) is 4.58. The Labute approximate surface area is 126 Å². The zero-order valence-corrected chi connectivity index (χ0v) is 13.1. The van der Waals surface area contributed by atoms with Crippen LogP contribution in [0.1, 0.15) is 44.2 Å². The zero-order valence-electron chi connectivity index (χ0n) is 13.1. The standard InChI is InChI=1S/C17H27FN2O/c1-13(16(19)14-7-3-4-8-15(14)18)11-20(2)12-17(21)9-5-6-10-17/h3-4,7-8,13,16,21H,5-6,9-12,19H2,1-2H3. The van der Waals surface area contributed by atoms with E-state index in [1.807, 2.05) is 20.0 Å². The minimum Gasteiger partial charge on any atom is -0.389 e. The van der Waals surface area contributed by atoms with Crippen molar-refractivity contribution in [1.29, 1.82) is 0 Å². The minimum atomic E-state index is -0.545. The molecule has 0 amide bonds. The van der Waals surface area contributed by atoms with Gasteiger partial charge in [0.2, 0.25) is 0 Å². The van der Waals surface area contributed by atoms with Gasteiger partial charge < -0.3 is 15.7 Å². The lowest BCUT2D eigenvalue weighted by Crippen LogP contribution is -2.42. The SMILES string of the molecule is CC(CN(C)CC1(O)CCCC1)C(N)c1ccccc1F. The van der Waals surface area contributed by atoms with Crippen molar-refractivity contribution in [3.05, 3.63) is 35.6 Å². The number of nitrogens with two attached hydrogens (primary N) is 1. The van der Waals surface area contributed by atoms with Crippen LogP contribution in [0, 0.1) is 11.7 Å². The van der Waals surface area contributed by atoms with E-state index in [0.717, 1.165) is 32.2 Å². The van der Waals surface area contributed by atoms with Gasteiger partial charge in [0.15, 0.2) is 0 Å². The van der Waals surface area contributed by atoms with Gasteiger partial charge in [-0.15, -0.1) is 0 Å². The second-order valence-electron chi connectivity index (χ2n) is 6.65. The molecular weight excluding hydrogens is 267 g/mol. The Morgan fingerprint density at radius 1 is 1.33 bits per heavy atom. The fourth-order valence-electron chi connectivity index (χ4n) is 3.42. The largest absolute Gasteiger partial charge is 0.389 e. The van der Waals surface area contributed by atoms with Crippen LogP contribution in [0.3, 0.4) is 0 Å². The zero-order chi connectivity index (χ0) is 15.5. The van der Waals surface area contributed by atoms with Crippen LogP contribution in [0.2, 0.25) is 0 Å². The van der Waals surface area contributed by atoms with Crippen molar-refractivity contribution in [2.24, 2.45) is 11.7 Å². The van der Waals surface area contributed by atoms with E-state index in [4.69, 9.17) is 5.73 Å². The van der Waals surface area contributed by atoms with Crippen molar-refractivity contribution in [1.82, 2.24) is 4.90 Å². The number of hydrogen-bond acceptors (Lipinski definition) is 3. The molecule has 0 aliphatic heterocycles. The molecular formula is C17H27FN2O. The van der Waals surface area contributed by atoms with Crippen LogP contribution < -0.4 is 5.73 Å². The molecule has 0 spiro atoms. The van der Waals surface area contributed by atoms with Crippen molar-refractivity contribution >= 4 is 0 Å². The number of benzene rings is 1. The number of halogens is 1. The summed E-state index contributed by atoms with van der Waals surface area (Å²) in [6.45, 7) is 3.45. The lowest BCUT2D eigenvalue weighted by atomic mass is 9.94. The Bertz CT molecular complexity index is 460. The Morgan fingerprint density at radius 3 is 2.57 bits per heavy atom. The van der Waals surface area contributed by atoms with E-state index in [0.29, 0.717) is 12.1 Å². The van der Waals surface area contributed by atoms with Gasteiger partial charge >= 0.3 is 0 Å². The van der Waals surface area contributed by atoms with Gasteiger partial charge in [-0.2, -0.15) is 0 Å². The van der Waals surface area contributed by atoms with Crippen LogP contribution in [0.25, 0.3) is 0 Å². The van der Waals surface area contributed by atoms with E-state index in [1.54, 1.807) is 12.1 Å². The first-order valence-electron chi connectivity index (χ1n) is 7.82. The number of aliphatic hydroxyl groups is 1. The predicted molar refractivity (Wildman–Crippen MR) is 83.4 cm³/mol. The monoisotopic (exact) mass is 294 g/mol. The molecule has 0 bridgehead atoms. The molecule has 1 fully saturated rings. The Balaban J connectivity index is 1.91. The Hall–Kier alpha value is -0.970. The highest BCUT2D eigenvalue weighted by molar-refractivity contribution is 5.21. The van der Waals surface area contributed by atoms with Crippen LogP contribution in [-0.4, -0.2) is 35.7 Å². The minimum absolute atomic E-state index is 0.122. The number of rotatable bonds is 6. The third-order valence-corrected chi connectivity index (χ3v) is 4.58. The molecule has 4 heteroatoms. The molecule has 118 valence electrons. The third kappa shape index (κ3) is 4.25. The highest BCUT2D eigenvalue weighted by atomic mass is 19.1. The maximum atomic E-state index is 13.8. The molecule has 2 rings (SSSR count). The fraction of sp³-hybridized carbons (Fsp3) is 0.647. The van der Waals surface area contributed by atoms with Crippen LogP contribution in [0.5, 0.6) is 0 Å². The van der Waals surface area contributed by atoms with Gasteiger partial charge in [0.05, 0.1) is 5.60 Å². The summed E-state index contributed by atoms with van der Waals surface area (Å²) in [5.74, 6) is -0.120. The summed E-state index contributed by atoms with van der Waals surface area (Å²) in [6, 6.07) is 6.37. The van der Waals surface area contributed by atoms with E-state index < -0.39 is 5.60 Å². The van der Waals surface area contributed by atoms with Crippen molar-refractivity contribution in [3.8, 4) is 0 Å². The molecule has 3 N–H and O–H groups in total. The molecule has 1 aliphatic rings. The quantitative estimate of drug-likeness (QED) is 0.848. The van der Waals surface area contributed by atoms with Gasteiger partial charge in [0.25, 0.3) is 0 Å². The van der Waals surface area contributed by atoms with E-state index in [9.17, 15) is 9.50 Å². The predicted octanol–water partition coefficient (Wildman–Crippen LogP) is 2.70. The van der Waals surface area contributed by atoms with E-state index in [1.165, 1.54) is 6.07 Å². The van der Waals surface area contributed by atoms with Gasteiger partial charge in [0.1, 0.15) is 5.82 Å². The van der Waals surface area contributed by atoms with E-state index >= 15 is 0 Å². The van der Waals surface area contributed by atoms with E-state index in [2.05, 4.69) is 4.90 Å². The average molecular weight is 294 g/mol. The molecule has 1 saturated carbocycles. The van der Waals surface area contributed by atoms with Crippen molar-refractivity contribution < 1.29 is 9.50 Å². The van der Waals surface area contributed by atoms with Crippen molar-refractivity contribution in [2.45, 2.75) is 44.2 Å². The van der Waals surface area contributed by atoms with Crippen LogP contribution in [0.4, 0.5) is 4.39 Å². The molecule has 0 saturated heterocycles. The van der Waals surface area contributed by atoms with Gasteiger partial charge in [-0.1, -0.05) is 38.0 Å². The van der Waals surface area contributed by atoms with Crippen molar-refractivity contribution in [2.75, 3.05) is 20.1 Å². The van der Waals surface area contributed by atoms with Crippen LogP contribution in [-0.2, 0) is 0 Å².